The van der Waals surface area contributed by atoms with Crippen molar-refractivity contribution >= 4 is 10.9 Å². The lowest BCUT2D eigenvalue weighted by Crippen LogP contribution is -2.66. The van der Waals surface area contributed by atoms with Crippen molar-refractivity contribution in [3.8, 4) is 5.75 Å². The summed E-state index contributed by atoms with van der Waals surface area (Å²) in [6.45, 7) is 2.23. The topological polar surface area (TPSA) is 48.5 Å². The molecule has 4 nitrogen and oxygen atoms in total. The first-order chi connectivity index (χ1) is 16.5. The highest BCUT2D eigenvalue weighted by molar-refractivity contribution is 5.86. The highest BCUT2D eigenvalue weighted by Crippen LogP contribution is 2.52. The first kappa shape index (κ1) is 21.4. The Bertz CT molecular complexity index is 1350. The van der Waals surface area contributed by atoms with Crippen LogP contribution >= 0.6 is 0 Å². The van der Waals surface area contributed by atoms with Crippen LogP contribution in [0, 0.1) is 5.82 Å². The summed E-state index contributed by atoms with van der Waals surface area (Å²) in [7, 11) is 1.67. The van der Waals surface area contributed by atoms with Crippen molar-refractivity contribution in [3.63, 3.8) is 0 Å². The molecule has 174 valence electrons. The minimum atomic E-state index is -0.999. The Morgan fingerprint density at radius 1 is 1.03 bits per heavy atom. The van der Waals surface area contributed by atoms with Crippen molar-refractivity contribution in [2.24, 2.45) is 0 Å². The van der Waals surface area contributed by atoms with Gasteiger partial charge in [0, 0.05) is 42.4 Å². The fourth-order valence-electron chi connectivity index (χ4n) is 6.31. The van der Waals surface area contributed by atoms with Gasteiger partial charge < -0.3 is 14.8 Å². The van der Waals surface area contributed by atoms with E-state index in [0.717, 1.165) is 47.5 Å². The zero-order valence-electron chi connectivity index (χ0n) is 19.4. The van der Waals surface area contributed by atoms with Crippen LogP contribution in [0.5, 0.6) is 5.75 Å². The molecule has 2 aliphatic rings. The van der Waals surface area contributed by atoms with Crippen LogP contribution in [0.1, 0.15) is 28.8 Å². The first-order valence-corrected chi connectivity index (χ1v) is 11.9. The summed E-state index contributed by atoms with van der Waals surface area (Å²) in [4.78, 5) is 5.73. The second-order valence-corrected chi connectivity index (χ2v) is 9.89. The second-order valence-electron chi connectivity index (χ2n) is 9.89. The second kappa shape index (κ2) is 7.97. The van der Waals surface area contributed by atoms with E-state index in [9.17, 15) is 9.50 Å². The Labute approximate surface area is 199 Å². The van der Waals surface area contributed by atoms with E-state index in [1.807, 2.05) is 24.3 Å². The Hall–Kier alpha value is -3.15. The van der Waals surface area contributed by atoms with E-state index < -0.39 is 11.0 Å². The van der Waals surface area contributed by atoms with Crippen molar-refractivity contribution < 1.29 is 14.2 Å². The molecule has 2 unspecified atom stereocenters. The van der Waals surface area contributed by atoms with E-state index in [1.165, 1.54) is 11.6 Å². The maximum absolute atomic E-state index is 14.6. The predicted molar refractivity (Wildman–Crippen MR) is 132 cm³/mol. The van der Waals surface area contributed by atoms with Crippen LogP contribution in [-0.4, -0.2) is 40.8 Å². The number of hydrogen-bond acceptors (Lipinski definition) is 3. The van der Waals surface area contributed by atoms with Crippen molar-refractivity contribution in [1.29, 1.82) is 0 Å². The molecular weight excluding hydrogens is 427 g/mol. The lowest BCUT2D eigenvalue weighted by molar-refractivity contribution is -0.105. The number of benzene rings is 3. The van der Waals surface area contributed by atoms with Gasteiger partial charge in [0.15, 0.2) is 0 Å². The molecule has 1 aliphatic heterocycles. The number of likely N-dealkylation sites (tertiary alicyclic amines) is 1. The normalized spacial score (nSPS) is 24.6. The number of β-amino-alcohol motifs (C(OH)–C–C–N with tert-alkyl or cyclic N) is 1. The molecule has 2 N–H and O–H groups in total. The Balaban J connectivity index is 1.47. The Morgan fingerprint density at radius 2 is 1.85 bits per heavy atom. The zero-order chi connectivity index (χ0) is 23.3. The first-order valence-electron chi connectivity index (χ1n) is 11.9. The number of rotatable bonds is 4. The molecule has 2 heterocycles. The highest BCUT2D eigenvalue weighted by Gasteiger charge is 2.57. The van der Waals surface area contributed by atoms with Gasteiger partial charge >= 0.3 is 0 Å². The van der Waals surface area contributed by atoms with Gasteiger partial charge in [-0.25, -0.2) is 4.39 Å². The molecule has 0 bridgehead atoms. The summed E-state index contributed by atoms with van der Waals surface area (Å²) in [6.07, 6.45) is 1.92. The number of H-pyrrole nitrogens is 1. The number of halogens is 1. The van der Waals surface area contributed by atoms with E-state index in [0.29, 0.717) is 24.9 Å². The van der Waals surface area contributed by atoms with Crippen LogP contribution in [0.2, 0.25) is 0 Å². The molecule has 0 radical (unpaired) electrons. The summed E-state index contributed by atoms with van der Waals surface area (Å²) in [5.41, 5.74) is 3.45. The number of hydrogen-bond donors (Lipinski definition) is 2. The molecule has 6 rings (SSSR count). The van der Waals surface area contributed by atoms with Crippen LogP contribution in [0.4, 0.5) is 4.39 Å². The van der Waals surface area contributed by atoms with Crippen molar-refractivity contribution in [2.45, 2.75) is 36.8 Å². The Kier molecular flexibility index (Phi) is 5.01. The van der Waals surface area contributed by atoms with Gasteiger partial charge in [-0.05, 0) is 47.9 Å². The standard InChI is InChI=1S/C29H29FN2O2/c1-34-22-10-5-9-21(15-22)28-13-14-32(18-20-7-3-2-4-8-20)19-29(28,33)16-24-23-11-6-12-25(30)27(23)31-26(24)17-28/h2-12,15,31,33H,13-14,16-19H2,1H3. The van der Waals surface area contributed by atoms with Crippen molar-refractivity contribution in [1.82, 2.24) is 9.88 Å². The highest BCUT2D eigenvalue weighted by atomic mass is 19.1. The maximum Gasteiger partial charge on any atom is 0.147 e. The molecule has 0 amide bonds. The van der Waals surface area contributed by atoms with Gasteiger partial charge in [-0.2, -0.15) is 0 Å². The third-order valence-corrected chi connectivity index (χ3v) is 8.03. The molecule has 0 saturated carbocycles. The van der Waals surface area contributed by atoms with Crippen LogP contribution in [0.15, 0.2) is 72.8 Å². The van der Waals surface area contributed by atoms with Gasteiger partial charge in [-0.15, -0.1) is 0 Å². The monoisotopic (exact) mass is 456 g/mol. The number of nitrogens with one attached hydrogen (secondary N) is 1. The molecule has 5 heteroatoms. The number of aliphatic hydroxyl groups is 1. The molecule has 34 heavy (non-hydrogen) atoms. The third-order valence-electron chi connectivity index (χ3n) is 8.03. The quantitative estimate of drug-likeness (QED) is 0.455. The van der Waals surface area contributed by atoms with Crippen LogP contribution in [-0.2, 0) is 24.8 Å². The lowest BCUT2D eigenvalue weighted by Gasteiger charge is -2.56. The number of aromatic nitrogens is 1. The predicted octanol–water partition coefficient (Wildman–Crippen LogP) is 4.99. The van der Waals surface area contributed by atoms with E-state index in [4.69, 9.17) is 4.74 Å². The fraction of sp³-hybridized carbons (Fsp3) is 0.310. The van der Waals surface area contributed by atoms with Crippen LogP contribution in [0.25, 0.3) is 10.9 Å². The van der Waals surface area contributed by atoms with E-state index in [2.05, 4.69) is 46.3 Å². The Morgan fingerprint density at radius 3 is 2.68 bits per heavy atom. The number of ether oxygens (including phenoxy) is 1. The summed E-state index contributed by atoms with van der Waals surface area (Å²) < 4.78 is 20.2. The van der Waals surface area contributed by atoms with Crippen molar-refractivity contribution in [2.75, 3.05) is 20.2 Å². The molecule has 0 spiro atoms. The fourth-order valence-corrected chi connectivity index (χ4v) is 6.31. The van der Waals surface area contributed by atoms with Crippen LogP contribution < -0.4 is 4.74 Å². The molecule has 1 saturated heterocycles. The third kappa shape index (κ3) is 3.26. The number of methoxy groups -OCH3 is 1. The number of piperidine rings is 1. The summed E-state index contributed by atoms with van der Waals surface area (Å²) in [5.74, 6) is 0.539. The zero-order valence-corrected chi connectivity index (χ0v) is 19.4. The maximum atomic E-state index is 14.6. The van der Waals surface area contributed by atoms with Gasteiger partial charge in [0.2, 0.25) is 0 Å². The number of fused-ring (bicyclic) bond motifs is 4. The van der Waals surface area contributed by atoms with Gasteiger partial charge in [0.1, 0.15) is 11.6 Å². The van der Waals surface area contributed by atoms with E-state index >= 15 is 0 Å². The van der Waals surface area contributed by atoms with Gasteiger partial charge in [-0.3, -0.25) is 4.90 Å². The van der Waals surface area contributed by atoms with Gasteiger partial charge in [0.25, 0.3) is 0 Å². The summed E-state index contributed by atoms with van der Waals surface area (Å²) in [5, 5.41) is 13.4. The molecule has 4 aromatic rings. The van der Waals surface area contributed by atoms with Gasteiger partial charge in [-0.1, -0.05) is 54.6 Å². The SMILES string of the molecule is COc1cccc(C23CCN(Cc4ccccc4)CC2(O)Cc2c([nH]c4c(F)cccc24)C3)c1. The van der Waals surface area contributed by atoms with E-state index in [1.54, 1.807) is 13.2 Å². The molecule has 1 aromatic heterocycles. The summed E-state index contributed by atoms with van der Waals surface area (Å²) in [6, 6.07) is 23.7. The molecule has 3 aromatic carbocycles. The van der Waals surface area contributed by atoms with Crippen LogP contribution in [0.3, 0.4) is 0 Å². The smallest absolute Gasteiger partial charge is 0.147 e. The number of aromatic amines is 1. The number of nitrogens with zero attached hydrogens (tertiary/aromatic N) is 1. The van der Waals surface area contributed by atoms with Crippen molar-refractivity contribution in [3.05, 3.63) is 101 Å². The average Bonchev–Trinajstić information content (AvgIpc) is 3.20. The average molecular weight is 457 g/mol. The molecule has 1 fully saturated rings. The van der Waals surface area contributed by atoms with Gasteiger partial charge in [0.05, 0.1) is 18.2 Å². The summed E-state index contributed by atoms with van der Waals surface area (Å²) >= 11 is 0. The molecular formula is C29H29FN2O2. The lowest BCUT2D eigenvalue weighted by atomic mass is 9.56. The largest absolute Gasteiger partial charge is 0.497 e. The minimum absolute atomic E-state index is 0.247. The molecule has 2 atom stereocenters. The number of para-hydroxylation sites is 1. The molecule has 1 aliphatic carbocycles. The van der Waals surface area contributed by atoms with E-state index in [-0.39, 0.29) is 5.82 Å². The minimum Gasteiger partial charge on any atom is -0.497 e.